The highest BCUT2D eigenvalue weighted by atomic mass is 16.2. The molecule has 0 spiro atoms. The largest absolute Gasteiger partial charge is 0.342 e. The standard InChI is InChI=1S/C9H17NO/c1-9(2,3)7-10-6-4-5-8(10)11/h4-7H2,1-3H3. The molecular weight excluding hydrogens is 138 g/mol. The highest BCUT2D eigenvalue weighted by Gasteiger charge is 2.24. The summed E-state index contributed by atoms with van der Waals surface area (Å²) >= 11 is 0. The molecule has 1 saturated heterocycles. The molecule has 0 aromatic carbocycles. The van der Waals surface area contributed by atoms with Crippen molar-refractivity contribution in [3.8, 4) is 0 Å². The van der Waals surface area contributed by atoms with Gasteiger partial charge in [-0.05, 0) is 11.8 Å². The summed E-state index contributed by atoms with van der Waals surface area (Å²) in [4.78, 5) is 13.2. The van der Waals surface area contributed by atoms with E-state index >= 15 is 0 Å². The van der Waals surface area contributed by atoms with Gasteiger partial charge in [-0.25, -0.2) is 0 Å². The van der Waals surface area contributed by atoms with E-state index in [0.717, 1.165) is 25.9 Å². The van der Waals surface area contributed by atoms with Gasteiger partial charge >= 0.3 is 0 Å². The van der Waals surface area contributed by atoms with E-state index in [1.807, 2.05) is 4.90 Å². The van der Waals surface area contributed by atoms with Gasteiger partial charge in [-0.1, -0.05) is 20.8 Å². The minimum absolute atomic E-state index is 0.250. The van der Waals surface area contributed by atoms with Crippen LogP contribution in [0.5, 0.6) is 0 Å². The van der Waals surface area contributed by atoms with Crippen molar-refractivity contribution in [2.45, 2.75) is 33.6 Å². The first-order valence-corrected chi connectivity index (χ1v) is 4.27. The normalized spacial score (nSPS) is 19.5. The molecule has 0 aromatic rings. The van der Waals surface area contributed by atoms with Gasteiger partial charge in [-0.3, -0.25) is 4.79 Å². The Bertz CT molecular complexity index is 157. The SMILES string of the molecule is CC(C)(C)CN1CCCC1=O. The summed E-state index contributed by atoms with van der Waals surface area (Å²) in [5, 5.41) is 0. The van der Waals surface area contributed by atoms with Crippen molar-refractivity contribution < 1.29 is 4.79 Å². The minimum Gasteiger partial charge on any atom is -0.342 e. The van der Waals surface area contributed by atoms with E-state index in [2.05, 4.69) is 20.8 Å². The number of nitrogens with zero attached hydrogens (tertiary/aromatic N) is 1. The first kappa shape index (κ1) is 8.57. The van der Waals surface area contributed by atoms with Gasteiger partial charge in [0.05, 0.1) is 0 Å². The fourth-order valence-electron chi connectivity index (χ4n) is 1.44. The molecule has 2 nitrogen and oxygen atoms in total. The third kappa shape index (κ3) is 2.52. The van der Waals surface area contributed by atoms with Gasteiger partial charge in [0.2, 0.25) is 5.91 Å². The number of hydrogen-bond donors (Lipinski definition) is 0. The van der Waals surface area contributed by atoms with E-state index in [1.165, 1.54) is 0 Å². The molecule has 0 atom stereocenters. The topological polar surface area (TPSA) is 20.3 Å². The Labute approximate surface area is 68.6 Å². The Morgan fingerprint density at radius 2 is 2.09 bits per heavy atom. The third-order valence-electron chi connectivity index (χ3n) is 1.84. The van der Waals surface area contributed by atoms with Crippen molar-refractivity contribution in [3.63, 3.8) is 0 Å². The molecule has 0 aromatic heterocycles. The average molecular weight is 155 g/mol. The van der Waals surface area contributed by atoms with Crippen LogP contribution in [0.25, 0.3) is 0 Å². The molecule has 0 saturated carbocycles. The zero-order chi connectivity index (χ0) is 8.48. The van der Waals surface area contributed by atoms with E-state index in [9.17, 15) is 4.79 Å². The third-order valence-corrected chi connectivity index (χ3v) is 1.84. The highest BCUT2D eigenvalue weighted by Crippen LogP contribution is 2.19. The zero-order valence-corrected chi connectivity index (χ0v) is 7.68. The Hall–Kier alpha value is -0.530. The molecule has 1 fully saturated rings. The highest BCUT2D eigenvalue weighted by molar-refractivity contribution is 5.78. The van der Waals surface area contributed by atoms with Gasteiger partial charge in [-0.2, -0.15) is 0 Å². The Kier molecular flexibility index (Phi) is 2.21. The summed E-state index contributed by atoms with van der Waals surface area (Å²) in [5.74, 6) is 0.333. The zero-order valence-electron chi connectivity index (χ0n) is 7.68. The summed E-state index contributed by atoms with van der Waals surface area (Å²) in [7, 11) is 0. The lowest BCUT2D eigenvalue weighted by molar-refractivity contribution is -0.128. The van der Waals surface area contributed by atoms with Gasteiger partial charge in [-0.15, -0.1) is 0 Å². The van der Waals surface area contributed by atoms with Crippen LogP contribution >= 0.6 is 0 Å². The van der Waals surface area contributed by atoms with Gasteiger partial charge in [0.25, 0.3) is 0 Å². The van der Waals surface area contributed by atoms with E-state index in [-0.39, 0.29) is 5.41 Å². The summed E-state index contributed by atoms with van der Waals surface area (Å²) < 4.78 is 0. The number of carbonyl (C=O) groups excluding carboxylic acids is 1. The van der Waals surface area contributed by atoms with Gasteiger partial charge < -0.3 is 4.90 Å². The molecule has 1 aliphatic rings. The Balaban J connectivity index is 2.43. The van der Waals surface area contributed by atoms with E-state index in [4.69, 9.17) is 0 Å². The Morgan fingerprint density at radius 1 is 1.45 bits per heavy atom. The summed E-state index contributed by atoms with van der Waals surface area (Å²) in [6, 6.07) is 0. The maximum atomic E-state index is 11.2. The molecule has 0 bridgehead atoms. The van der Waals surface area contributed by atoms with Crippen LogP contribution in [-0.4, -0.2) is 23.9 Å². The fourth-order valence-corrected chi connectivity index (χ4v) is 1.44. The van der Waals surface area contributed by atoms with E-state index < -0.39 is 0 Å². The first-order chi connectivity index (χ1) is 4.99. The molecule has 0 unspecified atom stereocenters. The van der Waals surface area contributed by atoms with Crippen LogP contribution in [0.3, 0.4) is 0 Å². The monoisotopic (exact) mass is 155 g/mol. The predicted molar refractivity (Wildman–Crippen MR) is 45.3 cm³/mol. The molecule has 0 N–H and O–H groups in total. The van der Waals surface area contributed by atoms with E-state index in [0.29, 0.717) is 5.91 Å². The van der Waals surface area contributed by atoms with Crippen LogP contribution < -0.4 is 0 Å². The maximum absolute atomic E-state index is 11.2. The van der Waals surface area contributed by atoms with Crippen molar-refractivity contribution in [1.29, 1.82) is 0 Å². The molecule has 11 heavy (non-hydrogen) atoms. The lowest BCUT2D eigenvalue weighted by Gasteiger charge is -2.25. The van der Waals surface area contributed by atoms with Gasteiger partial charge in [0.1, 0.15) is 0 Å². The molecule has 1 rings (SSSR count). The summed E-state index contributed by atoms with van der Waals surface area (Å²) in [5.41, 5.74) is 0.250. The number of likely N-dealkylation sites (tertiary alicyclic amines) is 1. The minimum atomic E-state index is 0.250. The van der Waals surface area contributed by atoms with Crippen LogP contribution in [0.2, 0.25) is 0 Å². The molecule has 1 amide bonds. The van der Waals surface area contributed by atoms with Crippen LogP contribution in [0.1, 0.15) is 33.6 Å². The van der Waals surface area contributed by atoms with E-state index in [1.54, 1.807) is 0 Å². The van der Waals surface area contributed by atoms with Crippen molar-refractivity contribution in [2.75, 3.05) is 13.1 Å². The second-order valence-corrected chi connectivity index (χ2v) is 4.48. The van der Waals surface area contributed by atoms with Crippen LogP contribution in [-0.2, 0) is 4.79 Å². The smallest absolute Gasteiger partial charge is 0.222 e. The number of hydrogen-bond acceptors (Lipinski definition) is 1. The van der Waals surface area contributed by atoms with Crippen molar-refractivity contribution >= 4 is 5.91 Å². The number of carbonyl (C=O) groups is 1. The summed E-state index contributed by atoms with van der Waals surface area (Å²) in [6.45, 7) is 8.37. The Morgan fingerprint density at radius 3 is 2.45 bits per heavy atom. The van der Waals surface area contributed by atoms with Crippen molar-refractivity contribution in [2.24, 2.45) is 5.41 Å². The van der Waals surface area contributed by atoms with Crippen molar-refractivity contribution in [1.82, 2.24) is 4.90 Å². The maximum Gasteiger partial charge on any atom is 0.222 e. The van der Waals surface area contributed by atoms with Crippen LogP contribution in [0, 0.1) is 5.41 Å². The average Bonchev–Trinajstić information content (AvgIpc) is 2.12. The lowest BCUT2D eigenvalue weighted by Crippen LogP contribution is -2.33. The van der Waals surface area contributed by atoms with Crippen molar-refractivity contribution in [3.05, 3.63) is 0 Å². The predicted octanol–water partition coefficient (Wildman–Crippen LogP) is 1.65. The number of rotatable bonds is 1. The molecule has 0 aliphatic carbocycles. The quantitative estimate of drug-likeness (QED) is 0.564. The van der Waals surface area contributed by atoms with Crippen LogP contribution in [0.4, 0.5) is 0 Å². The lowest BCUT2D eigenvalue weighted by atomic mass is 9.96. The second-order valence-electron chi connectivity index (χ2n) is 4.48. The summed E-state index contributed by atoms with van der Waals surface area (Å²) in [6.07, 6.45) is 1.81. The molecule has 64 valence electrons. The second kappa shape index (κ2) is 2.84. The first-order valence-electron chi connectivity index (χ1n) is 4.27. The van der Waals surface area contributed by atoms with Crippen LogP contribution in [0.15, 0.2) is 0 Å². The molecule has 1 heterocycles. The molecule has 2 heteroatoms. The van der Waals surface area contributed by atoms with Gasteiger partial charge in [0.15, 0.2) is 0 Å². The molecular formula is C9H17NO. The molecule has 0 radical (unpaired) electrons. The fraction of sp³-hybridized carbons (Fsp3) is 0.889. The molecule has 1 aliphatic heterocycles. The number of amides is 1. The van der Waals surface area contributed by atoms with Gasteiger partial charge in [0, 0.05) is 19.5 Å².